The summed E-state index contributed by atoms with van der Waals surface area (Å²) in [5, 5.41) is 18.0. The van der Waals surface area contributed by atoms with Crippen LogP contribution in [0.1, 0.15) is 30.0 Å². The summed E-state index contributed by atoms with van der Waals surface area (Å²) in [6, 6.07) is 1.61. The second kappa shape index (κ2) is 5.47. The number of nitrogens with zero attached hydrogens (tertiary/aromatic N) is 1. The molecule has 6 heteroatoms. The van der Waals surface area contributed by atoms with Gasteiger partial charge in [-0.2, -0.15) is 5.10 Å². The van der Waals surface area contributed by atoms with E-state index in [1.54, 1.807) is 13.0 Å². The molecular weight excluding hydrogens is 222 g/mol. The van der Waals surface area contributed by atoms with Crippen molar-refractivity contribution in [3.05, 3.63) is 17.5 Å². The van der Waals surface area contributed by atoms with Crippen LogP contribution in [-0.2, 0) is 4.79 Å². The topological polar surface area (TPSA) is 95.1 Å². The Morgan fingerprint density at radius 3 is 2.59 bits per heavy atom. The third-order valence-electron chi connectivity index (χ3n) is 2.54. The van der Waals surface area contributed by atoms with Gasteiger partial charge in [0.2, 0.25) is 0 Å². The predicted molar refractivity (Wildman–Crippen MR) is 61.6 cm³/mol. The maximum atomic E-state index is 11.6. The Labute approximate surface area is 99.4 Å². The van der Waals surface area contributed by atoms with Gasteiger partial charge in [0.25, 0.3) is 5.91 Å². The van der Waals surface area contributed by atoms with Crippen molar-refractivity contribution in [2.24, 2.45) is 11.8 Å². The molecule has 0 aliphatic heterocycles. The molecule has 0 radical (unpaired) electrons. The predicted octanol–water partition coefficient (Wildman–Crippen LogP) is 0.805. The maximum absolute atomic E-state index is 11.6. The van der Waals surface area contributed by atoms with Crippen LogP contribution in [-0.4, -0.2) is 33.7 Å². The third kappa shape index (κ3) is 3.58. The molecule has 3 N–H and O–H groups in total. The van der Waals surface area contributed by atoms with Crippen LogP contribution in [0.3, 0.4) is 0 Å². The number of amides is 1. The molecular formula is C11H17N3O3. The lowest BCUT2D eigenvalue weighted by Crippen LogP contribution is -2.35. The van der Waals surface area contributed by atoms with Crippen molar-refractivity contribution in [3.8, 4) is 0 Å². The first-order valence-corrected chi connectivity index (χ1v) is 5.44. The lowest BCUT2D eigenvalue weighted by molar-refractivity contribution is -0.142. The second-order valence-corrected chi connectivity index (χ2v) is 4.33. The van der Waals surface area contributed by atoms with Crippen LogP contribution >= 0.6 is 0 Å². The van der Waals surface area contributed by atoms with Crippen molar-refractivity contribution >= 4 is 11.9 Å². The van der Waals surface area contributed by atoms with Crippen LogP contribution in [0.5, 0.6) is 0 Å². The van der Waals surface area contributed by atoms with Gasteiger partial charge in [-0.05, 0) is 18.9 Å². The number of carbonyl (C=O) groups is 2. The summed E-state index contributed by atoms with van der Waals surface area (Å²) >= 11 is 0. The number of aromatic nitrogens is 2. The number of H-pyrrole nitrogens is 1. The SMILES string of the molecule is Cc1cc(C(=O)NCC(C(=O)O)C(C)C)n[nH]1. The van der Waals surface area contributed by atoms with Gasteiger partial charge in [-0.3, -0.25) is 14.7 Å². The van der Waals surface area contributed by atoms with Crippen LogP contribution in [0.2, 0.25) is 0 Å². The largest absolute Gasteiger partial charge is 0.481 e. The molecule has 0 fully saturated rings. The number of hydrogen-bond acceptors (Lipinski definition) is 3. The summed E-state index contributed by atoms with van der Waals surface area (Å²) in [6.45, 7) is 5.52. The molecule has 1 amide bonds. The molecule has 6 nitrogen and oxygen atoms in total. The van der Waals surface area contributed by atoms with Gasteiger partial charge in [0, 0.05) is 12.2 Å². The summed E-state index contributed by atoms with van der Waals surface area (Å²) < 4.78 is 0. The number of carbonyl (C=O) groups excluding carboxylic acids is 1. The fourth-order valence-electron chi connectivity index (χ4n) is 1.44. The zero-order valence-electron chi connectivity index (χ0n) is 10.2. The molecule has 1 heterocycles. The molecule has 94 valence electrons. The molecule has 0 saturated carbocycles. The molecule has 0 aliphatic carbocycles. The molecule has 0 bridgehead atoms. The van der Waals surface area contributed by atoms with Gasteiger partial charge < -0.3 is 10.4 Å². The van der Waals surface area contributed by atoms with E-state index in [0.29, 0.717) is 0 Å². The molecule has 17 heavy (non-hydrogen) atoms. The van der Waals surface area contributed by atoms with Crippen molar-refractivity contribution in [3.63, 3.8) is 0 Å². The Morgan fingerprint density at radius 1 is 1.53 bits per heavy atom. The zero-order chi connectivity index (χ0) is 13.0. The van der Waals surface area contributed by atoms with E-state index < -0.39 is 11.9 Å². The van der Waals surface area contributed by atoms with E-state index in [2.05, 4.69) is 15.5 Å². The van der Waals surface area contributed by atoms with Gasteiger partial charge in [0.15, 0.2) is 0 Å². The van der Waals surface area contributed by atoms with Gasteiger partial charge in [-0.15, -0.1) is 0 Å². The fraction of sp³-hybridized carbons (Fsp3) is 0.545. The van der Waals surface area contributed by atoms with Gasteiger partial charge in [-0.25, -0.2) is 0 Å². The fourth-order valence-corrected chi connectivity index (χ4v) is 1.44. The number of aromatic amines is 1. The average molecular weight is 239 g/mol. The van der Waals surface area contributed by atoms with E-state index in [1.165, 1.54) is 0 Å². The molecule has 1 atom stereocenters. The number of nitrogens with one attached hydrogen (secondary N) is 2. The van der Waals surface area contributed by atoms with E-state index in [-0.39, 0.29) is 24.1 Å². The third-order valence-corrected chi connectivity index (χ3v) is 2.54. The van der Waals surface area contributed by atoms with E-state index >= 15 is 0 Å². The summed E-state index contributed by atoms with van der Waals surface area (Å²) in [4.78, 5) is 22.5. The number of carboxylic acid groups (broad SMARTS) is 1. The number of aliphatic carboxylic acids is 1. The standard InChI is InChI=1S/C11H17N3O3/c1-6(2)8(11(16)17)5-12-10(15)9-4-7(3)13-14-9/h4,6,8H,5H2,1-3H3,(H,12,15)(H,13,14)(H,16,17). The molecule has 1 rings (SSSR count). The minimum atomic E-state index is -0.904. The molecule has 1 aromatic heterocycles. The van der Waals surface area contributed by atoms with Gasteiger partial charge >= 0.3 is 5.97 Å². The lowest BCUT2D eigenvalue weighted by Gasteiger charge is -2.16. The smallest absolute Gasteiger partial charge is 0.308 e. The molecule has 0 aromatic carbocycles. The lowest BCUT2D eigenvalue weighted by atomic mass is 9.96. The normalized spacial score (nSPS) is 12.5. The summed E-state index contributed by atoms with van der Waals surface area (Å²) in [7, 11) is 0. The van der Waals surface area contributed by atoms with Gasteiger partial charge in [0.1, 0.15) is 5.69 Å². The van der Waals surface area contributed by atoms with Gasteiger partial charge in [-0.1, -0.05) is 13.8 Å². The zero-order valence-corrected chi connectivity index (χ0v) is 10.2. The van der Waals surface area contributed by atoms with E-state index in [0.717, 1.165) is 5.69 Å². The number of hydrogen-bond donors (Lipinski definition) is 3. The number of aryl methyl sites for hydroxylation is 1. The van der Waals surface area contributed by atoms with E-state index in [1.807, 2.05) is 13.8 Å². The molecule has 1 aromatic rings. The number of rotatable bonds is 5. The van der Waals surface area contributed by atoms with Crippen molar-refractivity contribution < 1.29 is 14.7 Å². The Morgan fingerprint density at radius 2 is 2.18 bits per heavy atom. The van der Waals surface area contributed by atoms with E-state index in [4.69, 9.17) is 5.11 Å². The van der Waals surface area contributed by atoms with Gasteiger partial charge in [0.05, 0.1) is 5.92 Å². The van der Waals surface area contributed by atoms with Crippen molar-refractivity contribution in [2.75, 3.05) is 6.54 Å². The first-order chi connectivity index (χ1) is 7.91. The van der Waals surface area contributed by atoms with Crippen LogP contribution in [0.15, 0.2) is 6.07 Å². The first kappa shape index (κ1) is 13.2. The molecule has 1 unspecified atom stereocenters. The number of carboxylic acids is 1. The van der Waals surface area contributed by atoms with E-state index in [9.17, 15) is 9.59 Å². The van der Waals surface area contributed by atoms with Crippen LogP contribution in [0, 0.1) is 18.8 Å². The highest BCUT2D eigenvalue weighted by molar-refractivity contribution is 5.92. The molecule has 0 saturated heterocycles. The highest BCUT2D eigenvalue weighted by Gasteiger charge is 2.22. The highest BCUT2D eigenvalue weighted by atomic mass is 16.4. The minimum absolute atomic E-state index is 0.0336. The van der Waals surface area contributed by atoms with Crippen molar-refractivity contribution in [2.45, 2.75) is 20.8 Å². The highest BCUT2D eigenvalue weighted by Crippen LogP contribution is 2.10. The second-order valence-electron chi connectivity index (χ2n) is 4.33. The average Bonchev–Trinajstić information content (AvgIpc) is 2.63. The summed E-state index contributed by atoms with van der Waals surface area (Å²) in [5.74, 6) is -1.88. The molecule has 0 spiro atoms. The van der Waals surface area contributed by atoms with Crippen LogP contribution < -0.4 is 5.32 Å². The Balaban J connectivity index is 2.55. The van der Waals surface area contributed by atoms with Crippen LogP contribution in [0.4, 0.5) is 0 Å². The Kier molecular flexibility index (Phi) is 4.25. The van der Waals surface area contributed by atoms with Crippen LogP contribution in [0.25, 0.3) is 0 Å². The summed E-state index contributed by atoms with van der Waals surface area (Å²) in [6.07, 6.45) is 0. The summed E-state index contributed by atoms with van der Waals surface area (Å²) in [5.41, 5.74) is 1.06. The maximum Gasteiger partial charge on any atom is 0.308 e. The Bertz CT molecular complexity index is 412. The monoisotopic (exact) mass is 239 g/mol. The first-order valence-electron chi connectivity index (χ1n) is 5.44. The minimum Gasteiger partial charge on any atom is -0.481 e. The Hall–Kier alpha value is -1.85. The van der Waals surface area contributed by atoms with Crippen molar-refractivity contribution in [1.29, 1.82) is 0 Å². The van der Waals surface area contributed by atoms with Crippen molar-refractivity contribution in [1.82, 2.24) is 15.5 Å². The quantitative estimate of drug-likeness (QED) is 0.708. The molecule has 0 aliphatic rings.